The Balaban J connectivity index is 2.39. The summed E-state index contributed by atoms with van der Waals surface area (Å²) in [7, 11) is 3.54. The molecule has 86 valence electrons. The minimum atomic E-state index is -0.950. The van der Waals surface area contributed by atoms with Gasteiger partial charge in [0, 0.05) is 6.42 Å². The Morgan fingerprint density at radius 3 is 2.75 bits per heavy atom. The zero-order chi connectivity index (χ0) is 11.8. The van der Waals surface area contributed by atoms with Crippen LogP contribution in [-0.2, 0) is 11.2 Å². The standard InChI is InChI=1S/C12H15NO3/c1-13(2)12(11(14)15)7-9-5-3-4-6-10(9)16-8-12/h3-6H,7-8H2,1-2H3,(H,14,15)/t12-/m1/s1. The lowest BCUT2D eigenvalue weighted by Crippen LogP contribution is -2.58. The second-order valence-electron chi connectivity index (χ2n) is 4.30. The molecule has 4 nitrogen and oxygen atoms in total. The number of benzene rings is 1. The molecule has 0 unspecified atom stereocenters. The lowest BCUT2D eigenvalue weighted by Gasteiger charge is -2.39. The average Bonchev–Trinajstić information content (AvgIpc) is 2.27. The van der Waals surface area contributed by atoms with Gasteiger partial charge in [-0.05, 0) is 25.7 Å². The zero-order valence-corrected chi connectivity index (χ0v) is 9.43. The van der Waals surface area contributed by atoms with Gasteiger partial charge in [-0.25, -0.2) is 0 Å². The van der Waals surface area contributed by atoms with Gasteiger partial charge in [0.15, 0.2) is 5.54 Å². The fourth-order valence-corrected chi connectivity index (χ4v) is 1.97. The Hall–Kier alpha value is -1.55. The van der Waals surface area contributed by atoms with E-state index in [1.54, 1.807) is 19.0 Å². The van der Waals surface area contributed by atoms with E-state index in [4.69, 9.17) is 4.74 Å². The third-order valence-corrected chi connectivity index (χ3v) is 3.18. The van der Waals surface area contributed by atoms with E-state index >= 15 is 0 Å². The second kappa shape index (κ2) is 3.79. The number of fused-ring (bicyclic) bond motifs is 1. The Bertz CT molecular complexity index is 416. The first kappa shape index (κ1) is 11.0. The molecule has 0 amide bonds. The lowest BCUT2D eigenvalue weighted by atomic mass is 9.88. The topological polar surface area (TPSA) is 49.8 Å². The van der Waals surface area contributed by atoms with E-state index in [1.165, 1.54) is 0 Å². The number of rotatable bonds is 2. The number of nitrogens with zero attached hydrogens (tertiary/aromatic N) is 1. The molecule has 1 aliphatic heterocycles. The van der Waals surface area contributed by atoms with Gasteiger partial charge in [-0.3, -0.25) is 9.69 Å². The van der Waals surface area contributed by atoms with Crippen LogP contribution in [0.3, 0.4) is 0 Å². The molecule has 1 heterocycles. The Morgan fingerprint density at radius 1 is 1.44 bits per heavy atom. The predicted octanol–water partition coefficient (Wildman–Crippen LogP) is 1.01. The third-order valence-electron chi connectivity index (χ3n) is 3.18. The first-order valence-electron chi connectivity index (χ1n) is 5.18. The number of para-hydroxylation sites is 1. The summed E-state index contributed by atoms with van der Waals surface area (Å²) in [6.07, 6.45) is 0.478. The molecule has 0 bridgehead atoms. The highest BCUT2D eigenvalue weighted by Gasteiger charge is 2.45. The van der Waals surface area contributed by atoms with Crippen LogP contribution in [0.15, 0.2) is 24.3 Å². The van der Waals surface area contributed by atoms with Gasteiger partial charge >= 0.3 is 5.97 Å². The van der Waals surface area contributed by atoms with Crippen molar-refractivity contribution >= 4 is 5.97 Å². The van der Waals surface area contributed by atoms with Crippen molar-refractivity contribution in [1.29, 1.82) is 0 Å². The molecule has 0 spiro atoms. The van der Waals surface area contributed by atoms with Gasteiger partial charge in [0.2, 0.25) is 0 Å². The van der Waals surface area contributed by atoms with Crippen LogP contribution < -0.4 is 4.74 Å². The Kier molecular flexibility index (Phi) is 2.59. The molecule has 0 saturated heterocycles. The summed E-state index contributed by atoms with van der Waals surface area (Å²) in [5, 5.41) is 9.36. The third kappa shape index (κ3) is 1.55. The van der Waals surface area contributed by atoms with E-state index in [0.717, 1.165) is 11.3 Å². The molecular weight excluding hydrogens is 206 g/mol. The number of hydrogen-bond donors (Lipinski definition) is 1. The number of hydrogen-bond acceptors (Lipinski definition) is 3. The molecule has 1 aliphatic rings. The maximum Gasteiger partial charge on any atom is 0.328 e. The van der Waals surface area contributed by atoms with Crippen molar-refractivity contribution in [3.63, 3.8) is 0 Å². The molecule has 1 N–H and O–H groups in total. The van der Waals surface area contributed by atoms with Gasteiger partial charge in [0.1, 0.15) is 12.4 Å². The number of ether oxygens (including phenoxy) is 1. The number of aliphatic carboxylic acids is 1. The highest BCUT2D eigenvalue weighted by atomic mass is 16.5. The largest absolute Gasteiger partial charge is 0.491 e. The SMILES string of the molecule is CN(C)[C@@]1(C(=O)O)COc2ccccc2C1. The highest BCUT2D eigenvalue weighted by Crippen LogP contribution is 2.31. The first-order valence-corrected chi connectivity index (χ1v) is 5.18. The molecule has 4 heteroatoms. The summed E-state index contributed by atoms with van der Waals surface area (Å²) < 4.78 is 5.54. The second-order valence-corrected chi connectivity index (χ2v) is 4.30. The molecule has 1 atom stereocenters. The minimum Gasteiger partial charge on any atom is -0.491 e. The van der Waals surface area contributed by atoms with Crippen molar-refractivity contribution in [3.05, 3.63) is 29.8 Å². The maximum absolute atomic E-state index is 11.4. The first-order chi connectivity index (χ1) is 7.56. The fraction of sp³-hybridized carbons (Fsp3) is 0.417. The maximum atomic E-state index is 11.4. The molecule has 1 aromatic carbocycles. The Labute approximate surface area is 94.4 Å². The van der Waals surface area contributed by atoms with Gasteiger partial charge in [-0.15, -0.1) is 0 Å². The van der Waals surface area contributed by atoms with Crippen LogP contribution in [0.4, 0.5) is 0 Å². The summed E-state index contributed by atoms with van der Waals surface area (Å²) in [6.45, 7) is 0.187. The van der Waals surface area contributed by atoms with E-state index < -0.39 is 11.5 Å². The lowest BCUT2D eigenvalue weighted by molar-refractivity contribution is -0.152. The molecule has 1 aromatic rings. The molecule has 0 saturated carbocycles. The van der Waals surface area contributed by atoms with Crippen molar-refractivity contribution in [3.8, 4) is 5.75 Å². The van der Waals surface area contributed by atoms with Crippen molar-refractivity contribution in [1.82, 2.24) is 4.90 Å². The number of carbonyl (C=O) groups is 1. The quantitative estimate of drug-likeness (QED) is 0.809. The number of carboxylic acids is 1. The summed E-state index contributed by atoms with van der Waals surface area (Å²) in [4.78, 5) is 13.1. The van der Waals surface area contributed by atoms with Crippen LogP contribution in [0.5, 0.6) is 5.75 Å². The molecular formula is C12H15NO3. The van der Waals surface area contributed by atoms with Gasteiger partial charge in [0.05, 0.1) is 0 Å². The van der Waals surface area contributed by atoms with Crippen molar-refractivity contribution < 1.29 is 14.6 Å². The molecule has 0 radical (unpaired) electrons. The van der Waals surface area contributed by atoms with Gasteiger partial charge in [-0.2, -0.15) is 0 Å². The van der Waals surface area contributed by atoms with Crippen molar-refractivity contribution in [2.45, 2.75) is 12.0 Å². The smallest absolute Gasteiger partial charge is 0.328 e. The fourth-order valence-electron chi connectivity index (χ4n) is 1.97. The van der Waals surface area contributed by atoms with Crippen LogP contribution in [0.1, 0.15) is 5.56 Å². The van der Waals surface area contributed by atoms with E-state index in [1.807, 2.05) is 24.3 Å². The molecule has 0 fully saturated rings. The van der Waals surface area contributed by atoms with E-state index in [9.17, 15) is 9.90 Å². The number of carboxylic acid groups (broad SMARTS) is 1. The zero-order valence-electron chi connectivity index (χ0n) is 9.43. The van der Waals surface area contributed by atoms with E-state index in [2.05, 4.69) is 0 Å². The molecule has 0 aliphatic carbocycles. The van der Waals surface area contributed by atoms with Gasteiger partial charge in [0.25, 0.3) is 0 Å². The molecule has 16 heavy (non-hydrogen) atoms. The molecule has 2 rings (SSSR count). The average molecular weight is 221 g/mol. The summed E-state index contributed by atoms with van der Waals surface area (Å²) >= 11 is 0. The van der Waals surface area contributed by atoms with Crippen molar-refractivity contribution in [2.75, 3.05) is 20.7 Å². The van der Waals surface area contributed by atoms with Crippen LogP contribution in [0.2, 0.25) is 0 Å². The summed E-state index contributed by atoms with van der Waals surface area (Å²) in [5.74, 6) is -0.0479. The van der Waals surface area contributed by atoms with Crippen LogP contribution >= 0.6 is 0 Å². The summed E-state index contributed by atoms with van der Waals surface area (Å²) in [6, 6.07) is 7.57. The minimum absolute atomic E-state index is 0.187. The Morgan fingerprint density at radius 2 is 2.12 bits per heavy atom. The van der Waals surface area contributed by atoms with E-state index in [-0.39, 0.29) is 6.61 Å². The highest BCUT2D eigenvalue weighted by molar-refractivity contribution is 5.80. The predicted molar refractivity (Wildman–Crippen MR) is 59.7 cm³/mol. The van der Waals surface area contributed by atoms with Gasteiger partial charge in [-0.1, -0.05) is 18.2 Å². The molecule has 0 aromatic heterocycles. The van der Waals surface area contributed by atoms with Crippen LogP contribution in [0, 0.1) is 0 Å². The van der Waals surface area contributed by atoms with Crippen LogP contribution in [-0.4, -0.2) is 42.2 Å². The van der Waals surface area contributed by atoms with Crippen molar-refractivity contribution in [2.24, 2.45) is 0 Å². The van der Waals surface area contributed by atoms with E-state index in [0.29, 0.717) is 6.42 Å². The monoisotopic (exact) mass is 221 g/mol. The van der Waals surface area contributed by atoms with Gasteiger partial charge < -0.3 is 9.84 Å². The summed E-state index contributed by atoms with van der Waals surface area (Å²) in [5.41, 5.74) is -0.00111. The number of likely N-dealkylation sites (N-methyl/N-ethyl adjacent to an activating group) is 1. The normalized spacial score (nSPS) is 23.7. The van der Waals surface area contributed by atoms with Crippen LogP contribution in [0.25, 0.3) is 0 Å².